The normalized spacial score (nSPS) is 20.9. The van der Waals surface area contributed by atoms with Gasteiger partial charge in [-0.2, -0.15) is 8.42 Å². The minimum atomic E-state index is -4.11. The fourth-order valence-electron chi connectivity index (χ4n) is 3.98. The van der Waals surface area contributed by atoms with Gasteiger partial charge in [0.25, 0.3) is 0 Å². The molecule has 4 atom stereocenters. The van der Waals surface area contributed by atoms with Crippen LogP contribution in [0.25, 0.3) is 0 Å². The summed E-state index contributed by atoms with van der Waals surface area (Å²) >= 11 is 13.5. The van der Waals surface area contributed by atoms with Gasteiger partial charge < -0.3 is 16.2 Å². The molecule has 0 amide bonds. The summed E-state index contributed by atoms with van der Waals surface area (Å²) in [7, 11) is -4.11. The zero-order valence-electron chi connectivity index (χ0n) is 18.5. The van der Waals surface area contributed by atoms with Gasteiger partial charge in [-0.05, 0) is 31.0 Å². The lowest BCUT2D eigenvalue weighted by Crippen LogP contribution is -2.24. The third kappa shape index (κ3) is 6.36. The van der Waals surface area contributed by atoms with Crippen molar-refractivity contribution >= 4 is 56.4 Å². The van der Waals surface area contributed by atoms with E-state index in [0.717, 1.165) is 11.3 Å². The highest BCUT2D eigenvalue weighted by Gasteiger charge is 2.35. The number of anilines is 1. The third-order valence-electron chi connectivity index (χ3n) is 5.73. The van der Waals surface area contributed by atoms with E-state index >= 15 is 0 Å². The fraction of sp³-hybridized carbons (Fsp3) is 0.333. The summed E-state index contributed by atoms with van der Waals surface area (Å²) in [5, 5.41) is 18.6. The number of halogens is 2. The van der Waals surface area contributed by atoms with Crippen molar-refractivity contribution in [1.29, 1.82) is 0 Å². The van der Waals surface area contributed by atoms with Crippen molar-refractivity contribution in [2.24, 2.45) is 16.8 Å². The van der Waals surface area contributed by atoms with E-state index in [0.29, 0.717) is 38.5 Å². The van der Waals surface area contributed by atoms with Crippen LogP contribution in [-0.2, 0) is 14.5 Å². The Labute approximate surface area is 221 Å². The average Bonchev–Trinajstić information content (AvgIpc) is 3.38. The lowest BCUT2D eigenvalue weighted by atomic mass is 10.1. The molecule has 6 N–H and O–H groups in total. The second-order valence-electron chi connectivity index (χ2n) is 8.23. The summed E-state index contributed by atoms with van der Waals surface area (Å²) in [5.41, 5.74) is 7.57. The number of hydrogen-bond donors (Lipinski definition) is 4. The Morgan fingerprint density at radius 3 is 2.83 bits per heavy atom. The van der Waals surface area contributed by atoms with Crippen LogP contribution in [-0.4, -0.2) is 53.0 Å². The SMILES string of the molecule is N[C@H](c1cccc(Cl)n1)c1cc(C(=O)c2cncnc2N[C@@H]2C[C@H](COS(N)(=O)=O)[C@@H](O)C2)sc1Cl. The molecule has 0 saturated heterocycles. The molecular weight excluding hydrogens is 551 g/mol. The molecule has 1 fully saturated rings. The zero-order chi connectivity index (χ0) is 26.0. The Morgan fingerprint density at radius 1 is 1.33 bits per heavy atom. The molecule has 0 aromatic carbocycles. The Kier molecular flexibility index (Phi) is 8.22. The van der Waals surface area contributed by atoms with Gasteiger partial charge in [0.2, 0.25) is 5.78 Å². The van der Waals surface area contributed by atoms with Crippen LogP contribution in [0.4, 0.5) is 5.82 Å². The number of aromatic nitrogens is 3. The van der Waals surface area contributed by atoms with Crippen LogP contribution in [0.1, 0.15) is 45.4 Å². The van der Waals surface area contributed by atoms with E-state index in [-0.39, 0.29) is 29.8 Å². The molecule has 0 aliphatic heterocycles. The van der Waals surface area contributed by atoms with Crippen LogP contribution < -0.4 is 16.2 Å². The highest BCUT2D eigenvalue weighted by atomic mass is 35.5. The number of nitrogens with one attached hydrogen (secondary N) is 1. The first-order chi connectivity index (χ1) is 17.0. The predicted molar refractivity (Wildman–Crippen MR) is 135 cm³/mol. The molecule has 3 aromatic rings. The monoisotopic (exact) mass is 572 g/mol. The first-order valence-electron chi connectivity index (χ1n) is 10.7. The number of thiophene rings is 1. The zero-order valence-corrected chi connectivity index (χ0v) is 21.7. The number of aliphatic hydroxyl groups excluding tert-OH is 1. The second kappa shape index (κ2) is 11.0. The Bertz CT molecular complexity index is 1370. The van der Waals surface area contributed by atoms with E-state index in [2.05, 4.69) is 24.5 Å². The van der Waals surface area contributed by atoms with Crippen LogP contribution in [0.2, 0.25) is 9.49 Å². The van der Waals surface area contributed by atoms with Gasteiger partial charge in [-0.3, -0.25) is 8.98 Å². The summed E-state index contributed by atoms with van der Waals surface area (Å²) in [6.07, 6.45) is 2.54. The van der Waals surface area contributed by atoms with Gasteiger partial charge >= 0.3 is 10.3 Å². The highest BCUT2D eigenvalue weighted by Crippen LogP contribution is 2.36. The van der Waals surface area contributed by atoms with E-state index in [1.807, 2.05) is 0 Å². The molecule has 1 aliphatic rings. The number of hydrogen-bond acceptors (Lipinski definition) is 11. The molecule has 36 heavy (non-hydrogen) atoms. The summed E-state index contributed by atoms with van der Waals surface area (Å²) in [6, 6.07) is 5.71. The van der Waals surface area contributed by atoms with Gasteiger partial charge in [-0.25, -0.2) is 20.1 Å². The maximum Gasteiger partial charge on any atom is 0.333 e. The van der Waals surface area contributed by atoms with E-state index in [1.54, 1.807) is 24.3 Å². The first kappa shape index (κ1) is 26.8. The molecule has 0 unspecified atom stereocenters. The second-order valence-corrected chi connectivity index (χ2v) is 11.5. The van der Waals surface area contributed by atoms with Crippen molar-refractivity contribution in [3.05, 3.63) is 68.0 Å². The van der Waals surface area contributed by atoms with Gasteiger partial charge in [0.15, 0.2) is 0 Å². The average molecular weight is 573 g/mol. The van der Waals surface area contributed by atoms with Gasteiger partial charge in [0.05, 0.1) is 39.2 Å². The van der Waals surface area contributed by atoms with Crippen molar-refractivity contribution in [1.82, 2.24) is 15.0 Å². The standard InChI is InChI=1S/C21H22Cl2N6O5S2/c22-17-3-1-2-14(29-17)18(24)12-6-16(35-20(12)23)19(31)13-7-26-9-27-21(13)28-11-4-10(15(30)5-11)8-34-36(25,32)33/h1-3,6-7,9-11,15,18,30H,4-5,8,24H2,(H2,25,32,33)(H,26,27,28)/t10-,11-,15+,18+/m1/s1. The largest absolute Gasteiger partial charge is 0.393 e. The van der Waals surface area contributed by atoms with E-state index in [1.165, 1.54) is 12.5 Å². The number of ketones is 1. The molecule has 1 aliphatic carbocycles. The molecule has 1 saturated carbocycles. The van der Waals surface area contributed by atoms with Gasteiger partial charge in [0.1, 0.15) is 17.3 Å². The number of carbonyl (C=O) groups excluding carboxylic acids is 1. The molecule has 3 aromatic heterocycles. The molecule has 192 valence electrons. The summed E-state index contributed by atoms with van der Waals surface area (Å²) in [4.78, 5) is 26.1. The van der Waals surface area contributed by atoms with Crippen molar-refractivity contribution in [3.63, 3.8) is 0 Å². The van der Waals surface area contributed by atoms with E-state index in [9.17, 15) is 18.3 Å². The summed E-state index contributed by atoms with van der Waals surface area (Å²) in [5.74, 6) is -0.552. The van der Waals surface area contributed by atoms with Gasteiger partial charge in [-0.1, -0.05) is 29.3 Å². The van der Waals surface area contributed by atoms with Crippen LogP contribution in [0.15, 0.2) is 36.8 Å². The Balaban J connectivity index is 1.51. The summed E-state index contributed by atoms with van der Waals surface area (Å²) in [6.45, 7) is -0.244. The van der Waals surface area contributed by atoms with Crippen LogP contribution in [0.3, 0.4) is 0 Å². The molecule has 0 bridgehead atoms. The quantitative estimate of drug-likeness (QED) is 0.219. The Hall–Kier alpha value is -2.23. The van der Waals surface area contributed by atoms with E-state index in [4.69, 9.17) is 34.1 Å². The molecule has 3 heterocycles. The molecule has 15 heteroatoms. The number of pyridine rings is 1. The molecule has 11 nitrogen and oxygen atoms in total. The van der Waals surface area contributed by atoms with E-state index < -0.39 is 28.4 Å². The topological polar surface area (TPSA) is 183 Å². The number of nitrogens with two attached hydrogens (primary N) is 2. The minimum Gasteiger partial charge on any atom is -0.393 e. The van der Waals surface area contributed by atoms with Crippen molar-refractivity contribution in [3.8, 4) is 0 Å². The number of aliphatic hydroxyl groups is 1. The third-order valence-corrected chi connectivity index (χ3v) is 7.79. The summed E-state index contributed by atoms with van der Waals surface area (Å²) < 4.78 is 27.1. The molecule has 4 rings (SSSR count). The lowest BCUT2D eigenvalue weighted by molar-refractivity contribution is 0.101. The maximum absolute atomic E-state index is 13.4. The van der Waals surface area contributed by atoms with Crippen molar-refractivity contribution in [2.45, 2.75) is 31.0 Å². The van der Waals surface area contributed by atoms with Crippen LogP contribution in [0, 0.1) is 5.92 Å². The highest BCUT2D eigenvalue weighted by molar-refractivity contribution is 7.84. The predicted octanol–water partition coefficient (Wildman–Crippen LogP) is 2.29. The molecule has 0 spiro atoms. The minimum absolute atomic E-state index is 0.204. The smallest absolute Gasteiger partial charge is 0.333 e. The van der Waals surface area contributed by atoms with Crippen LogP contribution in [0.5, 0.6) is 0 Å². The molecular formula is C21H22Cl2N6O5S2. The van der Waals surface area contributed by atoms with Crippen molar-refractivity contribution in [2.75, 3.05) is 11.9 Å². The molecule has 0 radical (unpaired) electrons. The lowest BCUT2D eigenvalue weighted by Gasteiger charge is -2.15. The first-order valence-corrected chi connectivity index (χ1v) is 13.7. The maximum atomic E-state index is 13.4. The Morgan fingerprint density at radius 2 is 2.11 bits per heavy atom. The number of carbonyl (C=O) groups is 1. The number of rotatable bonds is 9. The van der Waals surface area contributed by atoms with Gasteiger partial charge in [0, 0.05) is 23.7 Å². The number of nitrogens with zero attached hydrogens (tertiary/aromatic N) is 3. The van der Waals surface area contributed by atoms with Gasteiger partial charge in [-0.15, -0.1) is 11.3 Å². The fourth-order valence-corrected chi connectivity index (χ4v) is 5.82. The van der Waals surface area contributed by atoms with Crippen molar-refractivity contribution < 1.29 is 22.5 Å². The van der Waals surface area contributed by atoms with Crippen LogP contribution >= 0.6 is 34.5 Å².